The Morgan fingerprint density at radius 1 is 1.05 bits per heavy atom. The van der Waals surface area contributed by atoms with Crippen LogP contribution in [0.3, 0.4) is 0 Å². The van der Waals surface area contributed by atoms with E-state index in [1.165, 1.54) is 38.5 Å². The molecule has 2 heteroatoms. The van der Waals surface area contributed by atoms with Gasteiger partial charge in [-0.1, -0.05) is 40.5 Å². The number of hydrogen-bond donors (Lipinski definition) is 1. The fraction of sp³-hybridized carbons (Fsp3) is 1.00. The highest BCUT2D eigenvalue weighted by molar-refractivity contribution is 5.17. The van der Waals surface area contributed by atoms with Crippen LogP contribution in [0.4, 0.5) is 0 Å². The van der Waals surface area contributed by atoms with Crippen LogP contribution in [0.2, 0.25) is 0 Å². The molecule has 2 N–H and O–H groups in total. The molecule has 0 aromatic carbocycles. The largest absolute Gasteiger partial charge is 0.375 e. The summed E-state index contributed by atoms with van der Waals surface area (Å²) in [7, 11) is 0. The monoisotopic (exact) mass is 265 g/mol. The average molecular weight is 265 g/mol. The van der Waals surface area contributed by atoms with E-state index in [2.05, 4.69) is 27.7 Å². The van der Waals surface area contributed by atoms with Crippen molar-refractivity contribution in [2.75, 3.05) is 6.61 Å². The van der Waals surface area contributed by atoms with Crippen molar-refractivity contribution in [1.29, 1.82) is 0 Å². The molecule has 19 heavy (non-hydrogen) atoms. The molecule has 110 valence electrons. The molecule has 3 rings (SSSR count). The molecule has 2 saturated carbocycles. The van der Waals surface area contributed by atoms with Crippen molar-refractivity contribution in [2.24, 2.45) is 28.4 Å². The second kappa shape index (κ2) is 4.21. The maximum Gasteiger partial charge on any atom is 0.0685 e. The maximum atomic E-state index is 6.70. The lowest BCUT2D eigenvalue weighted by Crippen LogP contribution is -2.45. The second-order valence-corrected chi connectivity index (χ2v) is 8.49. The van der Waals surface area contributed by atoms with Gasteiger partial charge in [0, 0.05) is 12.6 Å². The van der Waals surface area contributed by atoms with Crippen molar-refractivity contribution in [2.45, 2.75) is 77.9 Å². The highest BCUT2D eigenvalue weighted by Crippen LogP contribution is 2.70. The Kier molecular flexibility index (Phi) is 3.07. The SMILES string of the molecule is CC1(C)C(C(N)C2CCOC3(CCCC3)C2)C1(C)C. The molecule has 2 nitrogen and oxygen atoms in total. The molecule has 0 radical (unpaired) electrons. The Balaban J connectivity index is 1.69. The van der Waals surface area contributed by atoms with Crippen LogP contribution in [0.5, 0.6) is 0 Å². The minimum atomic E-state index is 0.212. The van der Waals surface area contributed by atoms with Crippen LogP contribution in [0.25, 0.3) is 0 Å². The Morgan fingerprint density at radius 3 is 2.16 bits per heavy atom. The minimum Gasteiger partial charge on any atom is -0.375 e. The van der Waals surface area contributed by atoms with Crippen molar-refractivity contribution < 1.29 is 4.74 Å². The van der Waals surface area contributed by atoms with E-state index in [0.717, 1.165) is 6.61 Å². The third-order valence-electron chi connectivity index (χ3n) is 7.11. The van der Waals surface area contributed by atoms with Crippen molar-refractivity contribution in [3.05, 3.63) is 0 Å². The molecule has 0 aromatic heterocycles. The number of hydrogen-bond acceptors (Lipinski definition) is 2. The van der Waals surface area contributed by atoms with Crippen LogP contribution in [-0.4, -0.2) is 18.2 Å². The first kappa shape index (κ1) is 13.9. The first-order valence-corrected chi connectivity index (χ1v) is 8.20. The predicted octanol–water partition coefficient (Wildman–Crippen LogP) is 3.74. The molecule has 1 aliphatic heterocycles. The highest BCUT2D eigenvalue weighted by atomic mass is 16.5. The van der Waals surface area contributed by atoms with Gasteiger partial charge in [0.2, 0.25) is 0 Å². The smallest absolute Gasteiger partial charge is 0.0685 e. The van der Waals surface area contributed by atoms with E-state index in [-0.39, 0.29) is 5.60 Å². The number of rotatable bonds is 2. The summed E-state index contributed by atoms with van der Waals surface area (Å²) in [5, 5.41) is 0. The van der Waals surface area contributed by atoms with Gasteiger partial charge in [-0.15, -0.1) is 0 Å². The fourth-order valence-electron chi connectivity index (χ4n) is 5.24. The van der Waals surface area contributed by atoms with Gasteiger partial charge in [-0.3, -0.25) is 0 Å². The van der Waals surface area contributed by atoms with Crippen LogP contribution in [0.1, 0.15) is 66.2 Å². The lowest BCUT2D eigenvalue weighted by atomic mass is 9.78. The van der Waals surface area contributed by atoms with E-state index >= 15 is 0 Å². The van der Waals surface area contributed by atoms with Crippen molar-refractivity contribution in [3.63, 3.8) is 0 Å². The summed E-state index contributed by atoms with van der Waals surface area (Å²) in [4.78, 5) is 0. The molecule has 0 aromatic rings. The molecule has 1 saturated heterocycles. The zero-order chi connectivity index (χ0) is 13.9. The van der Waals surface area contributed by atoms with Gasteiger partial charge >= 0.3 is 0 Å². The molecule has 3 fully saturated rings. The summed E-state index contributed by atoms with van der Waals surface area (Å²) in [6.45, 7) is 10.5. The summed E-state index contributed by atoms with van der Waals surface area (Å²) in [5.74, 6) is 1.36. The van der Waals surface area contributed by atoms with E-state index in [4.69, 9.17) is 10.5 Å². The quantitative estimate of drug-likeness (QED) is 0.825. The van der Waals surface area contributed by atoms with Crippen LogP contribution >= 0.6 is 0 Å². The van der Waals surface area contributed by atoms with Gasteiger partial charge in [-0.25, -0.2) is 0 Å². The van der Waals surface area contributed by atoms with Crippen molar-refractivity contribution in [1.82, 2.24) is 0 Å². The van der Waals surface area contributed by atoms with E-state index in [9.17, 15) is 0 Å². The van der Waals surface area contributed by atoms with E-state index in [0.29, 0.717) is 28.7 Å². The Labute approximate surface area is 118 Å². The molecule has 3 aliphatic rings. The van der Waals surface area contributed by atoms with Gasteiger partial charge in [-0.05, 0) is 48.3 Å². The predicted molar refractivity (Wildman–Crippen MR) is 78.9 cm³/mol. The lowest BCUT2D eigenvalue weighted by molar-refractivity contribution is -0.0978. The van der Waals surface area contributed by atoms with Gasteiger partial charge in [0.05, 0.1) is 5.60 Å². The summed E-state index contributed by atoms with van der Waals surface area (Å²) in [6, 6.07) is 0.367. The molecule has 1 heterocycles. The molecular weight excluding hydrogens is 234 g/mol. The molecule has 1 spiro atoms. The summed E-state index contributed by atoms with van der Waals surface area (Å²) in [5.41, 5.74) is 7.73. The molecule has 0 amide bonds. The van der Waals surface area contributed by atoms with Crippen LogP contribution < -0.4 is 5.73 Å². The minimum absolute atomic E-state index is 0.212. The summed E-state index contributed by atoms with van der Waals surface area (Å²) < 4.78 is 6.16. The normalized spacial score (nSPS) is 37.4. The van der Waals surface area contributed by atoms with Gasteiger partial charge in [0.15, 0.2) is 0 Å². The number of nitrogens with two attached hydrogens (primary N) is 1. The lowest BCUT2D eigenvalue weighted by Gasteiger charge is -2.41. The Morgan fingerprint density at radius 2 is 1.63 bits per heavy atom. The van der Waals surface area contributed by atoms with E-state index < -0.39 is 0 Å². The van der Waals surface area contributed by atoms with Crippen molar-refractivity contribution in [3.8, 4) is 0 Å². The third kappa shape index (κ3) is 1.98. The molecule has 2 aliphatic carbocycles. The molecular formula is C17H31NO. The Bertz CT molecular complexity index is 340. The first-order valence-electron chi connectivity index (χ1n) is 8.20. The third-order valence-corrected chi connectivity index (χ3v) is 7.11. The van der Waals surface area contributed by atoms with Crippen LogP contribution in [0, 0.1) is 22.7 Å². The standard InChI is InChI=1S/C17H31NO/c1-15(2)14(16(15,3)4)13(18)12-7-10-19-17(11-12)8-5-6-9-17/h12-14H,5-11,18H2,1-4H3. The number of ether oxygens (including phenoxy) is 1. The van der Waals surface area contributed by atoms with E-state index in [1.807, 2.05) is 0 Å². The zero-order valence-corrected chi connectivity index (χ0v) is 13.2. The molecule has 0 bridgehead atoms. The van der Waals surface area contributed by atoms with Crippen LogP contribution in [0.15, 0.2) is 0 Å². The maximum absolute atomic E-state index is 6.70. The summed E-state index contributed by atoms with van der Waals surface area (Å²) >= 11 is 0. The van der Waals surface area contributed by atoms with Gasteiger partial charge in [0.25, 0.3) is 0 Å². The van der Waals surface area contributed by atoms with Gasteiger partial charge in [0.1, 0.15) is 0 Å². The average Bonchev–Trinajstić information content (AvgIpc) is 2.68. The van der Waals surface area contributed by atoms with Crippen LogP contribution in [-0.2, 0) is 4.74 Å². The van der Waals surface area contributed by atoms with Gasteiger partial charge in [-0.2, -0.15) is 0 Å². The highest BCUT2D eigenvalue weighted by Gasteiger charge is 2.67. The van der Waals surface area contributed by atoms with E-state index in [1.54, 1.807) is 0 Å². The van der Waals surface area contributed by atoms with Gasteiger partial charge < -0.3 is 10.5 Å². The molecule has 2 atom stereocenters. The topological polar surface area (TPSA) is 35.2 Å². The molecule has 2 unspecified atom stereocenters. The Hall–Kier alpha value is -0.0800. The summed E-state index contributed by atoms with van der Waals surface area (Å²) in [6.07, 6.45) is 7.63. The van der Waals surface area contributed by atoms with Crippen molar-refractivity contribution >= 4 is 0 Å². The fourth-order valence-corrected chi connectivity index (χ4v) is 5.24. The second-order valence-electron chi connectivity index (χ2n) is 8.49. The first-order chi connectivity index (χ1) is 8.80. The zero-order valence-electron chi connectivity index (χ0n) is 13.2.